The van der Waals surface area contributed by atoms with Gasteiger partial charge in [-0.05, 0) is 41.8 Å². The summed E-state index contributed by atoms with van der Waals surface area (Å²) in [5.41, 5.74) is 0.789. The molecule has 94 valence electrons. The Labute approximate surface area is 108 Å². The summed E-state index contributed by atoms with van der Waals surface area (Å²) < 4.78 is 38.4. The minimum Gasteiger partial charge on any atom is -0.166 e. The van der Waals surface area contributed by atoms with E-state index in [1.807, 2.05) is 0 Å². The number of hydrogen-bond donors (Lipinski definition) is 0. The molecule has 0 spiro atoms. The Balaban J connectivity index is 2.54. The first-order chi connectivity index (χ1) is 8.38. The maximum Gasteiger partial charge on any atom is 0.416 e. The summed E-state index contributed by atoms with van der Waals surface area (Å²) in [6.45, 7) is 1.45. The molecule has 0 atom stereocenters. The first-order valence-corrected chi connectivity index (χ1v) is 5.69. The van der Waals surface area contributed by atoms with Gasteiger partial charge in [0.1, 0.15) is 0 Å². The standard InChI is InChI=1S/C14H10ClF3/c1-9-5-6-11(8-13(9)14(16,17)18)10-3-2-4-12(15)7-10/h2-8H,1H3. The zero-order valence-electron chi connectivity index (χ0n) is 9.55. The third kappa shape index (κ3) is 2.67. The van der Waals surface area contributed by atoms with Crippen molar-refractivity contribution in [3.63, 3.8) is 0 Å². The van der Waals surface area contributed by atoms with Crippen LogP contribution in [0, 0.1) is 6.92 Å². The van der Waals surface area contributed by atoms with E-state index >= 15 is 0 Å². The van der Waals surface area contributed by atoms with Crippen molar-refractivity contribution in [1.29, 1.82) is 0 Å². The molecule has 0 unspecified atom stereocenters. The van der Waals surface area contributed by atoms with Gasteiger partial charge in [0.15, 0.2) is 0 Å². The molecule has 0 N–H and O–H groups in total. The summed E-state index contributed by atoms with van der Waals surface area (Å²) in [5.74, 6) is 0. The summed E-state index contributed by atoms with van der Waals surface area (Å²) in [4.78, 5) is 0. The Morgan fingerprint density at radius 3 is 2.22 bits per heavy atom. The molecule has 4 heteroatoms. The highest BCUT2D eigenvalue weighted by Gasteiger charge is 2.32. The molecular weight excluding hydrogens is 261 g/mol. The molecular formula is C14H10ClF3. The van der Waals surface area contributed by atoms with Crippen molar-refractivity contribution in [2.45, 2.75) is 13.1 Å². The van der Waals surface area contributed by atoms with Gasteiger partial charge in [-0.3, -0.25) is 0 Å². The van der Waals surface area contributed by atoms with Gasteiger partial charge in [0, 0.05) is 5.02 Å². The number of alkyl halides is 3. The predicted octanol–water partition coefficient (Wildman–Crippen LogP) is 5.33. The topological polar surface area (TPSA) is 0 Å². The zero-order chi connectivity index (χ0) is 13.3. The number of benzene rings is 2. The maximum atomic E-state index is 12.8. The fourth-order valence-corrected chi connectivity index (χ4v) is 1.97. The van der Waals surface area contributed by atoms with Crippen LogP contribution in [0.2, 0.25) is 5.02 Å². The van der Waals surface area contributed by atoms with Crippen molar-refractivity contribution in [1.82, 2.24) is 0 Å². The first-order valence-electron chi connectivity index (χ1n) is 5.32. The molecule has 0 nitrogen and oxygen atoms in total. The van der Waals surface area contributed by atoms with Gasteiger partial charge < -0.3 is 0 Å². The predicted molar refractivity (Wildman–Crippen MR) is 66.6 cm³/mol. The normalized spacial score (nSPS) is 11.6. The number of rotatable bonds is 1. The highest BCUT2D eigenvalue weighted by atomic mass is 35.5. The molecule has 0 saturated carbocycles. The Morgan fingerprint density at radius 2 is 1.61 bits per heavy atom. The summed E-state index contributed by atoms with van der Waals surface area (Å²) in [6, 6.07) is 11.1. The minimum atomic E-state index is -4.33. The second kappa shape index (κ2) is 4.65. The van der Waals surface area contributed by atoms with Crippen molar-refractivity contribution < 1.29 is 13.2 Å². The average molecular weight is 271 g/mol. The van der Waals surface area contributed by atoms with Crippen LogP contribution >= 0.6 is 11.6 Å². The molecule has 2 rings (SSSR count). The van der Waals surface area contributed by atoms with Gasteiger partial charge >= 0.3 is 6.18 Å². The van der Waals surface area contributed by atoms with E-state index in [4.69, 9.17) is 11.6 Å². The van der Waals surface area contributed by atoms with Gasteiger partial charge in [-0.15, -0.1) is 0 Å². The second-order valence-electron chi connectivity index (χ2n) is 4.04. The average Bonchev–Trinajstić information content (AvgIpc) is 2.28. The van der Waals surface area contributed by atoms with Gasteiger partial charge in [0.25, 0.3) is 0 Å². The largest absolute Gasteiger partial charge is 0.416 e. The lowest BCUT2D eigenvalue weighted by Crippen LogP contribution is -2.07. The molecule has 0 saturated heterocycles. The third-order valence-corrected chi connectivity index (χ3v) is 2.94. The molecule has 2 aromatic carbocycles. The van der Waals surface area contributed by atoms with Crippen molar-refractivity contribution in [2.75, 3.05) is 0 Å². The van der Waals surface area contributed by atoms with Crippen LogP contribution in [0.1, 0.15) is 11.1 Å². The van der Waals surface area contributed by atoms with E-state index in [-0.39, 0.29) is 5.56 Å². The number of halogens is 4. The van der Waals surface area contributed by atoms with Crippen LogP contribution in [0.15, 0.2) is 42.5 Å². The highest BCUT2D eigenvalue weighted by Crippen LogP contribution is 2.35. The number of aryl methyl sites for hydroxylation is 1. The molecule has 0 bridgehead atoms. The lowest BCUT2D eigenvalue weighted by atomic mass is 9.99. The summed E-state index contributed by atoms with van der Waals surface area (Å²) in [5, 5.41) is 0.502. The van der Waals surface area contributed by atoms with Crippen LogP contribution in [0.4, 0.5) is 13.2 Å². The van der Waals surface area contributed by atoms with Crippen LogP contribution in [-0.4, -0.2) is 0 Å². The zero-order valence-corrected chi connectivity index (χ0v) is 10.3. The Morgan fingerprint density at radius 1 is 0.944 bits per heavy atom. The number of hydrogen-bond acceptors (Lipinski definition) is 0. The van der Waals surface area contributed by atoms with E-state index in [0.717, 1.165) is 6.07 Å². The van der Waals surface area contributed by atoms with E-state index in [0.29, 0.717) is 16.1 Å². The van der Waals surface area contributed by atoms with Crippen LogP contribution in [0.5, 0.6) is 0 Å². The molecule has 0 radical (unpaired) electrons. The fourth-order valence-electron chi connectivity index (χ4n) is 1.78. The van der Waals surface area contributed by atoms with Gasteiger partial charge in [-0.25, -0.2) is 0 Å². The highest BCUT2D eigenvalue weighted by molar-refractivity contribution is 6.30. The van der Waals surface area contributed by atoms with Crippen molar-refractivity contribution >= 4 is 11.6 Å². The summed E-state index contributed by atoms with van der Waals surface area (Å²) in [7, 11) is 0. The first kappa shape index (κ1) is 13.0. The molecule has 0 amide bonds. The minimum absolute atomic E-state index is 0.216. The van der Waals surface area contributed by atoms with Crippen molar-refractivity contribution in [3.8, 4) is 11.1 Å². The van der Waals surface area contributed by atoms with Gasteiger partial charge in [-0.2, -0.15) is 13.2 Å². The summed E-state index contributed by atoms with van der Waals surface area (Å²) >= 11 is 5.83. The maximum absolute atomic E-state index is 12.8. The molecule has 0 aromatic heterocycles. The second-order valence-corrected chi connectivity index (χ2v) is 4.47. The van der Waals surface area contributed by atoms with Crippen LogP contribution in [-0.2, 0) is 6.18 Å². The van der Waals surface area contributed by atoms with Gasteiger partial charge in [0.2, 0.25) is 0 Å². The van der Waals surface area contributed by atoms with Gasteiger partial charge in [-0.1, -0.05) is 35.9 Å². The molecule has 0 aliphatic heterocycles. The molecule has 0 heterocycles. The van der Waals surface area contributed by atoms with Gasteiger partial charge in [0.05, 0.1) is 5.56 Å². The van der Waals surface area contributed by atoms with E-state index in [2.05, 4.69) is 0 Å². The fraction of sp³-hybridized carbons (Fsp3) is 0.143. The smallest absolute Gasteiger partial charge is 0.166 e. The van der Waals surface area contributed by atoms with E-state index in [1.165, 1.54) is 13.0 Å². The van der Waals surface area contributed by atoms with E-state index in [9.17, 15) is 13.2 Å². The molecule has 18 heavy (non-hydrogen) atoms. The summed E-state index contributed by atoms with van der Waals surface area (Å²) in [6.07, 6.45) is -4.33. The van der Waals surface area contributed by atoms with Crippen LogP contribution in [0.25, 0.3) is 11.1 Å². The molecule has 2 aromatic rings. The van der Waals surface area contributed by atoms with Crippen LogP contribution < -0.4 is 0 Å². The lowest BCUT2D eigenvalue weighted by molar-refractivity contribution is -0.138. The third-order valence-electron chi connectivity index (χ3n) is 2.70. The Hall–Kier alpha value is -1.48. The Bertz CT molecular complexity index is 573. The lowest BCUT2D eigenvalue weighted by Gasteiger charge is -2.12. The van der Waals surface area contributed by atoms with Crippen LogP contribution in [0.3, 0.4) is 0 Å². The van der Waals surface area contributed by atoms with Crippen molar-refractivity contribution in [3.05, 3.63) is 58.6 Å². The van der Waals surface area contributed by atoms with E-state index < -0.39 is 11.7 Å². The molecule has 0 aliphatic rings. The quantitative estimate of drug-likeness (QED) is 0.657. The van der Waals surface area contributed by atoms with Crippen molar-refractivity contribution in [2.24, 2.45) is 0 Å². The molecule has 0 aliphatic carbocycles. The monoisotopic (exact) mass is 270 g/mol. The van der Waals surface area contributed by atoms with E-state index in [1.54, 1.807) is 30.3 Å². The Kier molecular flexibility index (Phi) is 3.35. The molecule has 0 fully saturated rings. The SMILES string of the molecule is Cc1ccc(-c2cccc(Cl)c2)cc1C(F)(F)F.